The highest BCUT2D eigenvalue weighted by Gasteiger charge is 2.12. The molecule has 0 bridgehead atoms. The molecule has 2 rings (SSSR count). The van der Waals surface area contributed by atoms with Gasteiger partial charge >= 0.3 is 4.87 Å². The lowest BCUT2D eigenvalue weighted by Gasteiger charge is -2.08. The van der Waals surface area contributed by atoms with Crippen molar-refractivity contribution in [2.75, 3.05) is 0 Å². The number of thiazole rings is 1. The molecule has 5 heteroatoms. The fourth-order valence-electron chi connectivity index (χ4n) is 1.61. The zero-order chi connectivity index (χ0) is 12.6. The fraction of sp³-hybridized carbons (Fsp3) is 0.250. The van der Waals surface area contributed by atoms with Gasteiger partial charge in [-0.3, -0.25) is 9.36 Å². The van der Waals surface area contributed by atoms with Crippen molar-refractivity contribution in [3.8, 4) is 0 Å². The Morgan fingerprint density at radius 1 is 1.41 bits per heavy atom. The maximum Gasteiger partial charge on any atom is 0.307 e. The molecule has 0 amide bonds. The van der Waals surface area contributed by atoms with E-state index >= 15 is 0 Å². The minimum Gasteiger partial charge on any atom is -0.298 e. The second-order valence-electron chi connectivity index (χ2n) is 3.80. The SMILES string of the molecule is Cc1sc(=O)n(Cc2c(F)cccc2Cl)c1C. The molecule has 0 unspecified atom stereocenters. The molecule has 2 aromatic rings. The van der Waals surface area contributed by atoms with Crippen LogP contribution >= 0.6 is 22.9 Å². The lowest BCUT2D eigenvalue weighted by atomic mass is 10.2. The minimum absolute atomic E-state index is 0.0840. The molecule has 0 fully saturated rings. The lowest BCUT2D eigenvalue weighted by molar-refractivity contribution is 0.596. The predicted molar refractivity (Wildman–Crippen MR) is 68.6 cm³/mol. The Kier molecular flexibility index (Phi) is 3.35. The molecule has 0 radical (unpaired) electrons. The van der Waals surface area contributed by atoms with E-state index in [0.29, 0.717) is 10.6 Å². The average Bonchev–Trinajstić information content (AvgIpc) is 2.49. The number of aryl methyl sites for hydroxylation is 1. The number of aromatic nitrogens is 1. The standard InChI is InChI=1S/C12H11ClFNOS/c1-7-8(2)17-12(16)15(7)6-9-10(13)4-3-5-11(9)14/h3-5H,6H2,1-2H3. The van der Waals surface area contributed by atoms with E-state index in [1.165, 1.54) is 17.4 Å². The van der Waals surface area contributed by atoms with Crippen LogP contribution in [0.4, 0.5) is 4.39 Å². The molecule has 90 valence electrons. The van der Waals surface area contributed by atoms with Gasteiger partial charge in [0.05, 0.1) is 6.54 Å². The zero-order valence-electron chi connectivity index (χ0n) is 9.46. The van der Waals surface area contributed by atoms with Crippen LogP contribution in [0.2, 0.25) is 5.02 Å². The molecule has 2 nitrogen and oxygen atoms in total. The van der Waals surface area contributed by atoms with E-state index in [9.17, 15) is 9.18 Å². The molecular weight excluding hydrogens is 261 g/mol. The lowest BCUT2D eigenvalue weighted by Crippen LogP contribution is -2.16. The number of rotatable bonds is 2. The van der Waals surface area contributed by atoms with E-state index in [0.717, 1.165) is 10.6 Å². The van der Waals surface area contributed by atoms with Crippen LogP contribution in [0.1, 0.15) is 16.1 Å². The van der Waals surface area contributed by atoms with E-state index in [-0.39, 0.29) is 17.2 Å². The van der Waals surface area contributed by atoms with Crippen molar-refractivity contribution >= 4 is 22.9 Å². The van der Waals surface area contributed by atoms with Crippen LogP contribution in [-0.2, 0) is 6.54 Å². The maximum atomic E-state index is 13.6. The van der Waals surface area contributed by atoms with Gasteiger partial charge < -0.3 is 0 Å². The molecular formula is C12H11ClFNOS. The molecule has 0 N–H and O–H groups in total. The van der Waals surface area contributed by atoms with Crippen molar-refractivity contribution in [3.05, 3.63) is 54.8 Å². The molecule has 17 heavy (non-hydrogen) atoms. The number of benzene rings is 1. The summed E-state index contributed by atoms with van der Waals surface area (Å²) in [5.41, 5.74) is 1.22. The first kappa shape index (κ1) is 12.3. The third-order valence-electron chi connectivity index (χ3n) is 2.75. The van der Waals surface area contributed by atoms with E-state index < -0.39 is 0 Å². The Hall–Kier alpha value is -1.13. The first-order chi connectivity index (χ1) is 8.00. The summed E-state index contributed by atoms with van der Waals surface area (Å²) in [4.78, 5) is 12.6. The highest BCUT2D eigenvalue weighted by atomic mass is 35.5. The summed E-state index contributed by atoms with van der Waals surface area (Å²) < 4.78 is 15.2. The van der Waals surface area contributed by atoms with Crippen molar-refractivity contribution in [3.63, 3.8) is 0 Å². The van der Waals surface area contributed by atoms with Crippen molar-refractivity contribution in [2.45, 2.75) is 20.4 Å². The maximum absolute atomic E-state index is 13.6. The summed E-state index contributed by atoms with van der Waals surface area (Å²) in [5, 5.41) is 0.347. The van der Waals surface area contributed by atoms with Crippen LogP contribution in [0.5, 0.6) is 0 Å². The average molecular weight is 272 g/mol. The van der Waals surface area contributed by atoms with Gasteiger partial charge in [-0.25, -0.2) is 4.39 Å². The molecule has 0 aliphatic heterocycles. The van der Waals surface area contributed by atoms with Crippen LogP contribution in [0.25, 0.3) is 0 Å². The molecule has 0 atom stereocenters. The van der Waals surface area contributed by atoms with Gasteiger partial charge in [0.2, 0.25) is 0 Å². The molecule has 0 saturated carbocycles. The predicted octanol–water partition coefficient (Wildman–Crippen LogP) is 3.37. The Bertz CT molecular complexity index is 597. The van der Waals surface area contributed by atoms with Crippen LogP contribution in [0, 0.1) is 19.7 Å². The van der Waals surface area contributed by atoms with Gasteiger partial charge in [0.1, 0.15) is 5.82 Å². The summed E-state index contributed by atoms with van der Waals surface area (Å²) in [6.45, 7) is 3.91. The molecule has 1 aromatic carbocycles. The topological polar surface area (TPSA) is 22.0 Å². The van der Waals surface area contributed by atoms with Gasteiger partial charge in [-0.1, -0.05) is 29.0 Å². The van der Waals surface area contributed by atoms with E-state index in [1.54, 1.807) is 16.7 Å². The third-order valence-corrected chi connectivity index (χ3v) is 4.10. The number of hydrogen-bond acceptors (Lipinski definition) is 2. The zero-order valence-corrected chi connectivity index (χ0v) is 11.0. The van der Waals surface area contributed by atoms with Crippen molar-refractivity contribution in [2.24, 2.45) is 0 Å². The van der Waals surface area contributed by atoms with Crippen molar-refractivity contribution in [1.82, 2.24) is 4.57 Å². The summed E-state index contributed by atoms with van der Waals surface area (Å²) >= 11 is 7.11. The first-order valence-electron chi connectivity index (χ1n) is 5.10. The highest BCUT2D eigenvalue weighted by Crippen LogP contribution is 2.21. The van der Waals surface area contributed by atoms with Gasteiger partial charge in [0, 0.05) is 21.2 Å². The van der Waals surface area contributed by atoms with Gasteiger partial charge in [-0.15, -0.1) is 0 Å². The summed E-state index contributed by atoms with van der Waals surface area (Å²) in [7, 11) is 0. The monoisotopic (exact) mass is 271 g/mol. The number of hydrogen-bond donors (Lipinski definition) is 0. The summed E-state index contributed by atoms with van der Waals surface area (Å²) in [6, 6.07) is 4.52. The smallest absolute Gasteiger partial charge is 0.298 e. The van der Waals surface area contributed by atoms with E-state index in [4.69, 9.17) is 11.6 Å². The van der Waals surface area contributed by atoms with Gasteiger partial charge in [0.15, 0.2) is 0 Å². The van der Waals surface area contributed by atoms with Crippen LogP contribution in [-0.4, -0.2) is 4.57 Å². The second-order valence-corrected chi connectivity index (χ2v) is 5.37. The van der Waals surface area contributed by atoms with Crippen molar-refractivity contribution < 1.29 is 4.39 Å². The van der Waals surface area contributed by atoms with E-state index in [1.807, 2.05) is 13.8 Å². The number of halogens is 2. The highest BCUT2D eigenvalue weighted by molar-refractivity contribution is 7.09. The summed E-state index contributed by atoms with van der Waals surface area (Å²) in [6.07, 6.45) is 0. The second kappa shape index (κ2) is 4.63. The molecule has 0 aliphatic rings. The quantitative estimate of drug-likeness (QED) is 0.821. The van der Waals surface area contributed by atoms with Crippen molar-refractivity contribution in [1.29, 1.82) is 0 Å². The van der Waals surface area contributed by atoms with Gasteiger partial charge in [0.25, 0.3) is 0 Å². The molecule has 1 aromatic heterocycles. The Balaban J connectivity index is 2.49. The molecule has 0 saturated heterocycles. The Labute approximate surface area is 107 Å². The summed E-state index contributed by atoms with van der Waals surface area (Å²) in [5.74, 6) is -0.382. The Morgan fingerprint density at radius 2 is 2.12 bits per heavy atom. The molecule has 0 aliphatic carbocycles. The minimum atomic E-state index is -0.382. The van der Waals surface area contributed by atoms with Gasteiger partial charge in [-0.05, 0) is 26.0 Å². The molecule has 1 heterocycles. The van der Waals surface area contributed by atoms with E-state index in [2.05, 4.69) is 0 Å². The number of nitrogens with zero attached hydrogens (tertiary/aromatic N) is 1. The molecule has 0 spiro atoms. The van der Waals surface area contributed by atoms with Gasteiger partial charge in [-0.2, -0.15) is 0 Å². The third kappa shape index (κ3) is 2.28. The van der Waals surface area contributed by atoms with Crippen LogP contribution < -0.4 is 4.87 Å². The fourth-order valence-corrected chi connectivity index (χ4v) is 2.67. The van der Waals surface area contributed by atoms with Crippen LogP contribution in [0.15, 0.2) is 23.0 Å². The first-order valence-corrected chi connectivity index (χ1v) is 6.30. The Morgan fingerprint density at radius 3 is 2.65 bits per heavy atom. The largest absolute Gasteiger partial charge is 0.307 e. The normalized spacial score (nSPS) is 10.8. The van der Waals surface area contributed by atoms with Crippen LogP contribution in [0.3, 0.4) is 0 Å².